The predicted octanol–water partition coefficient (Wildman–Crippen LogP) is 1.79. The summed E-state index contributed by atoms with van der Waals surface area (Å²) in [5.74, 6) is -0.701. The number of nitrogens with zero attached hydrogens (tertiary/aromatic N) is 1. The van der Waals surface area contributed by atoms with Gasteiger partial charge in [0.05, 0.1) is 13.5 Å². The molecule has 120 valence electrons. The van der Waals surface area contributed by atoms with Crippen LogP contribution in [0.5, 0.6) is 5.75 Å². The second-order valence-electron chi connectivity index (χ2n) is 5.31. The third-order valence-electron chi connectivity index (χ3n) is 3.69. The van der Waals surface area contributed by atoms with Crippen LogP contribution in [0.25, 0.3) is 0 Å². The highest BCUT2D eigenvalue weighted by Gasteiger charge is 2.23. The van der Waals surface area contributed by atoms with Crippen LogP contribution in [-0.4, -0.2) is 54.8 Å². The summed E-state index contributed by atoms with van der Waals surface area (Å²) in [7, 11) is 1.34. The lowest BCUT2D eigenvalue weighted by Crippen LogP contribution is -2.42. The molecule has 2 rings (SSSR count). The molecule has 1 heterocycles. The molecule has 0 aliphatic carbocycles. The Kier molecular flexibility index (Phi) is 5.77. The van der Waals surface area contributed by atoms with Crippen LogP contribution in [0.15, 0.2) is 24.3 Å². The molecule has 1 unspecified atom stereocenters. The number of esters is 1. The Morgan fingerprint density at radius 2 is 2.14 bits per heavy atom. The molecule has 0 amide bonds. The van der Waals surface area contributed by atoms with Gasteiger partial charge in [0.1, 0.15) is 17.4 Å². The van der Waals surface area contributed by atoms with Crippen molar-refractivity contribution in [3.63, 3.8) is 0 Å². The van der Waals surface area contributed by atoms with E-state index in [1.165, 1.54) is 7.11 Å². The number of para-hydroxylation sites is 1. The van der Waals surface area contributed by atoms with E-state index in [0.717, 1.165) is 19.4 Å². The van der Waals surface area contributed by atoms with Crippen molar-refractivity contribution in [2.75, 3.05) is 26.7 Å². The second-order valence-corrected chi connectivity index (χ2v) is 5.31. The molecule has 0 aromatic heterocycles. The Balaban J connectivity index is 1.98. The Hall–Kier alpha value is -2.08. The number of carboxylic acid groups (broad SMARTS) is 1. The Labute approximate surface area is 129 Å². The lowest BCUT2D eigenvalue weighted by atomic mass is 10.1. The van der Waals surface area contributed by atoms with Crippen molar-refractivity contribution in [1.29, 1.82) is 0 Å². The number of methoxy groups -OCH3 is 1. The molecule has 1 fully saturated rings. The van der Waals surface area contributed by atoms with Gasteiger partial charge in [-0.2, -0.15) is 0 Å². The largest absolute Gasteiger partial charge is 0.488 e. The summed E-state index contributed by atoms with van der Waals surface area (Å²) < 4.78 is 10.7. The number of carboxylic acids is 1. The van der Waals surface area contributed by atoms with Gasteiger partial charge < -0.3 is 14.6 Å². The molecule has 22 heavy (non-hydrogen) atoms. The molecule has 6 nitrogen and oxygen atoms in total. The summed E-state index contributed by atoms with van der Waals surface area (Å²) in [5.41, 5.74) is 0.410. The minimum Gasteiger partial charge on any atom is -0.488 e. The summed E-state index contributed by atoms with van der Waals surface area (Å²) in [5, 5.41) is 8.76. The smallest absolute Gasteiger partial charge is 0.341 e. The van der Waals surface area contributed by atoms with E-state index in [9.17, 15) is 9.59 Å². The maximum Gasteiger partial charge on any atom is 0.341 e. The standard InChI is InChI=1S/C16H21NO5/c1-21-16(20)13-6-2-3-7-14(13)22-12-5-4-9-17(11-12)10-8-15(18)19/h2-3,6-7,12H,4-5,8-11H2,1H3,(H,18,19). The maximum absolute atomic E-state index is 11.7. The molecule has 1 aliphatic rings. The highest BCUT2D eigenvalue weighted by Crippen LogP contribution is 2.23. The van der Waals surface area contributed by atoms with Gasteiger partial charge in [-0.25, -0.2) is 4.79 Å². The zero-order valence-electron chi connectivity index (χ0n) is 12.7. The fourth-order valence-electron chi connectivity index (χ4n) is 2.59. The fourth-order valence-corrected chi connectivity index (χ4v) is 2.59. The van der Waals surface area contributed by atoms with Gasteiger partial charge in [-0.15, -0.1) is 0 Å². The van der Waals surface area contributed by atoms with E-state index in [1.54, 1.807) is 18.2 Å². The van der Waals surface area contributed by atoms with Crippen molar-refractivity contribution in [2.24, 2.45) is 0 Å². The molecule has 0 saturated carbocycles. The molecule has 0 spiro atoms. The molecule has 1 saturated heterocycles. The highest BCUT2D eigenvalue weighted by molar-refractivity contribution is 5.92. The summed E-state index contributed by atoms with van der Waals surface area (Å²) >= 11 is 0. The minimum atomic E-state index is -0.793. The van der Waals surface area contributed by atoms with E-state index in [-0.39, 0.29) is 12.5 Å². The summed E-state index contributed by atoms with van der Waals surface area (Å²) in [6, 6.07) is 7.00. The van der Waals surface area contributed by atoms with Crippen molar-refractivity contribution in [3.05, 3.63) is 29.8 Å². The van der Waals surface area contributed by atoms with Crippen molar-refractivity contribution in [1.82, 2.24) is 4.90 Å². The molecule has 1 aromatic carbocycles. The number of carbonyl (C=O) groups is 2. The molecule has 1 N–H and O–H groups in total. The Morgan fingerprint density at radius 1 is 1.36 bits per heavy atom. The first-order valence-corrected chi connectivity index (χ1v) is 7.38. The summed E-state index contributed by atoms with van der Waals surface area (Å²) in [6.45, 7) is 2.07. The van der Waals surface area contributed by atoms with Crippen LogP contribution in [0.2, 0.25) is 0 Å². The van der Waals surface area contributed by atoms with E-state index in [0.29, 0.717) is 24.4 Å². The maximum atomic E-state index is 11.7. The van der Waals surface area contributed by atoms with Gasteiger partial charge in [-0.1, -0.05) is 12.1 Å². The topological polar surface area (TPSA) is 76.1 Å². The van der Waals surface area contributed by atoms with Crippen molar-refractivity contribution in [3.8, 4) is 5.75 Å². The lowest BCUT2D eigenvalue weighted by Gasteiger charge is -2.32. The highest BCUT2D eigenvalue weighted by atomic mass is 16.5. The van der Waals surface area contributed by atoms with Crippen molar-refractivity contribution < 1.29 is 24.2 Å². The SMILES string of the molecule is COC(=O)c1ccccc1OC1CCCN(CCC(=O)O)C1. The average Bonchev–Trinajstić information content (AvgIpc) is 2.53. The zero-order chi connectivity index (χ0) is 15.9. The molecule has 1 aliphatic heterocycles. The second kappa shape index (κ2) is 7.79. The number of aliphatic carboxylic acids is 1. The summed E-state index contributed by atoms with van der Waals surface area (Å²) in [4.78, 5) is 24.5. The fraction of sp³-hybridized carbons (Fsp3) is 0.500. The first-order chi connectivity index (χ1) is 10.6. The minimum absolute atomic E-state index is 0.0478. The van der Waals surface area contributed by atoms with E-state index in [4.69, 9.17) is 14.6 Å². The number of hydrogen-bond donors (Lipinski definition) is 1. The van der Waals surface area contributed by atoms with E-state index in [2.05, 4.69) is 4.90 Å². The summed E-state index contributed by atoms with van der Waals surface area (Å²) in [6.07, 6.45) is 1.92. The lowest BCUT2D eigenvalue weighted by molar-refractivity contribution is -0.137. The van der Waals surface area contributed by atoms with Gasteiger partial charge in [0.2, 0.25) is 0 Å². The molecule has 0 bridgehead atoms. The van der Waals surface area contributed by atoms with E-state index >= 15 is 0 Å². The number of carbonyl (C=O) groups excluding carboxylic acids is 1. The van der Waals surface area contributed by atoms with E-state index in [1.807, 2.05) is 6.07 Å². The van der Waals surface area contributed by atoms with Gasteiger partial charge >= 0.3 is 11.9 Å². The van der Waals surface area contributed by atoms with Crippen LogP contribution >= 0.6 is 0 Å². The number of rotatable bonds is 6. The zero-order valence-corrected chi connectivity index (χ0v) is 12.7. The van der Waals surface area contributed by atoms with Gasteiger partial charge in [-0.05, 0) is 31.5 Å². The van der Waals surface area contributed by atoms with Gasteiger partial charge in [0.25, 0.3) is 0 Å². The number of ether oxygens (including phenoxy) is 2. The quantitative estimate of drug-likeness (QED) is 0.808. The monoisotopic (exact) mass is 307 g/mol. The molecule has 1 atom stereocenters. The van der Waals surface area contributed by atoms with Crippen LogP contribution in [0.4, 0.5) is 0 Å². The normalized spacial score (nSPS) is 18.7. The van der Waals surface area contributed by atoms with Crippen molar-refractivity contribution in [2.45, 2.75) is 25.4 Å². The van der Waals surface area contributed by atoms with Crippen LogP contribution in [-0.2, 0) is 9.53 Å². The molecular weight excluding hydrogens is 286 g/mol. The number of hydrogen-bond acceptors (Lipinski definition) is 5. The average molecular weight is 307 g/mol. The molecular formula is C16H21NO5. The third kappa shape index (κ3) is 4.46. The molecule has 1 aromatic rings. The van der Waals surface area contributed by atoms with Crippen LogP contribution in [0.1, 0.15) is 29.6 Å². The number of likely N-dealkylation sites (tertiary alicyclic amines) is 1. The van der Waals surface area contributed by atoms with Crippen molar-refractivity contribution >= 4 is 11.9 Å². The predicted molar refractivity (Wildman–Crippen MR) is 80.1 cm³/mol. The van der Waals surface area contributed by atoms with Gasteiger partial charge in [0, 0.05) is 13.1 Å². The van der Waals surface area contributed by atoms with E-state index < -0.39 is 11.9 Å². The first-order valence-electron chi connectivity index (χ1n) is 7.38. The number of piperidine rings is 1. The number of benzene rings is 1. The first kappa shape index (κ1) is 16.3. The Morgan fingerprint density at radius 3 is 2.86 bits per heavy atom. The van der Waals surface area contributed by atoms with Gasteiger partial charge in [0.15, 0.2) is 0 Å². The van der Waals surface area contributed by atoms with Crippen LogP contribution < -0.4 is 4.74 Å². The third-order valence-corrected chi connectivity index (χ3v) is 3.69. The molecule has 6 heteroatoms. The van der Waals surface area contributed by atoms with Crippen LogP contribution in [0, 0.1) is 0 Å². The molecule has 0 radical (unpaired) electrons. The Bertz CT molecular complexity index is 531. The van der Waals surface area contributed by atoms with Gasteiger partial charge in [-0.3, -0.25) is 9.69 Å². The van der Waals surface area contributed by atoms with Crippen LogP contribution in [0.3, 0.4) is 0 Å².